The highest BCUT2D eigenvalue weighted by atomic mass is 35.5. The van der Waals surface area contributed by atoms with E-state index in [4.69, 9.17) is 11.6 Å². The number of halogens is 4. The van der Waals surface area contributed by atoms with Gasteiger partial charge in [-0.2, -0.15) is 13.2 Å². The van der Waals surface area contributed by atoms with Crippen molar-refractivity contribution in [1.29, 1.82) is 0 Å². The van der Waals surface area contributed by atoms with Gasteiger partial charge in [-0.05, 0) is 12.1 Å². The molecular formula is C12H7ClF3NO2. The van der Waals surface area contributed by atoms with Gasteiger partial charge in [0.1, 0.15) is 0 Å². The smallest absolute Gasteiger partial charge is 0.416 e. The highest BCUT2D eigenvalue weighted by Crippen LogP contribution is 2.33. The van der Waals surface area contributed by atoms with E-state index in [1.54, 1.807) is 0 Å². The van der Waals surface area contributed by atoms with Crippen LogP contribution in [-0.4, -0.2) is 18.1 Å². The average molecular weight is 290 g/mol. The number of hydrogen-bond donors (Lipinski definition) is 0. The summed E-state index contributed by atoms with van der Waals surface area (Å²) in [6.07, 6.45) is -3.36. The summed E-state index contributed by atoms with van der Waals surface area (Å²) in [5.74, 6) is -0.695. The molecule has 0 saturated heterocycles. The minimum Gasteiger partial charge on any atom is -0.465 e. The number of alkyl halides is 3. The normalized spacial score (nSPS) is 11.6. The van der Waals surface area contributed by atoms with E-state index in [9.17, 15) is 18.0 Å². The van der Waals surface area contributed by atoms with Crippen LogP contribution in [-0.2, 0) is 10.9 Å². The highest BCUT2D eigenvalue weighted by molar-refractivity contribution is 6.38. The maximum atomic E-state index is 12.5. The Labute approximate surface area is 111 Å². The summed E-state index contributed by atoms with van der Waals surface area (Å²) in [4.78, 5) is 15.2. The van der Waals surface area contributed by atoms with Gasteiger partial charge in [0, 0.05) is 11.6 Å². The lowest BCUT2D eigenvalue weighted by Crippen LogP contribution is -2.06. The average Bonchev–Trinajstić information content (AvgIpc) is 2.37. The maximum Gasteiger partial charge on any atom is 0.416 e. The van der Waals surface area contributed by atoms with Gasteiger partial charge in [0.25, 0.3) is 0 Å². The topological polar surface area (TPSA) is 39.2 Å². The number of pyridine rings is 1. The second-order valence-electron chi connectivity index (χ2n) is 3.71. The van der Waals surface area contributed by atoms with E-state index >= 15 is 0 Å². The van der Waals surface area contributed by atoms with Gasteiger partial charge in [-0.3, -0.25) is 4.98 Å². The van der Waals surface area contributed by atoms with Crippen molar-refractivity contribution in [1.82, 2.24) is 4.98 Å². The molecule has 100 valence electrons. The number of aromatic nitrogens is 1. The predicted molar refractivity (Wildman–Crippen MR) is 63.1 cm³/mol. The Morgan fingerprint density at radius 2 is 2.05 bits per heavy atom. The first-order valence-electron chi connectivity index (χ1n) is 5.08. The summed E-state index contributed by atoms with van der Waals surface area (Å²) in [6, 6.07) is 2.94. The van der Waals surface area contributed by atoms with Crippen molar-refractivity contribution in [3.63, 3.8) is 0 Å². The van der Waals surface area contributed by atoms with Crippen LogP contribution in [0.3, 0.4) is 0 Å². The fourth-order valence-electron chi connectivity index (χ4n) is 1.59. The number of hydrogen-bond acceptors (Lipinski definition) is 3. The summed E-state index contributed by atoms with van der Waals surface area (Å²) in [5.41, 5.74) is -0.752. The Balaban J connectivity index is 2.63. The maximum absolute atomic E-state index is 12.5. The molecule has 0 amide bonds. The van der Waals surface area contributed by atoms with Crippen LogP contribution >= 0.6 is 11.6 Å². The third-order valence-electron chi connectivity index (χ3n) is 2.54. The standard InChI is InChI=1S/C12H7ClF3NO2/c1-19-11(18)8-5-17-9-4-6(12(14,15)16)2-3-7(9)10(8)13/h2-5H,1H3. The van der Waals surface area contributed by atoms with Gasteiger partial charge >= 0.3 is 12.1 Å². The third kappa shape index (κ3) is 2.49. The molecule has 0 spiro atoms. The summed E-state index contributed by atoms with van der Waals surface area (Å²) < 4.78 is 42.1. The first-order chi connectivity index (χ1) is 8.84. The lowest BCUT2D eigenvalue weighted by molar-refractivity contribution is -0.137. The number of esters is 1. The number of nitrogens with zero attached hydrogens (tertiary/aromatic N) is 1. The van der Waals surface area contributed by atoms with Crippen LogP contribution in [0.4, 0.5) is 13.2 Å². The molecule has 0 unspecified atom stereocenters. The van der Waals surface area contributed by atoms with E-state index < -0.39 is 17.7 Å². The molecule has 1 heterocycles. The fraction of sp³-hybridized carbons (Fsp3) is 0.167. The zero-order valence-electron chi connectivity index (χ0n) is 9.58. The Kier molecular flexibility index (Phi) is 3.36. The lowest BCUT2D eigenvalue weighted by Gasteiger charge is -2.09. The number of rotatable bonds is 1. The lowest BCUT2D eigenvalue weighted by atomic mass is 10.1. The molecule has 0 bridgehead atoms. The largest absolute Gasteiger partial charge is 0.465 e. The molecule has 0 N–H and O–H groups in total. The summed E-state index contributed by atoms with van der Waals surface area (Å²) in [7, 11) is 1.18. The molecule has 0 aliphatic carbocycles. The molecule has 0 atom stereocenters. The van der Waals surface area contributed by atoms with Crippen LogP contribution in [0.1, 0.15) is 15.9 Å². The van der Waals surface area contributed by atoms with E-state index in [0.717, 1.165) is 18.3 Å². The van der Waals surface area contributed by atoms with Gasteiger partial charge in [-0.1, -0.05) is 17.7 Å². The van der Waals surface area contributed by atoms with Gasteiger partial charge in [-0.25, -0.2) is 4.79 Å². The first-order valence-corrected chi connectivity index (χ1v) is 5.46. The molecule has 0 radical (unpaired) electrons. The van der Waals surface area contributed by atoms with Gasteiger partial charge in [0.15, 0.2) is 0 Å². The predicted octanol–water partition coefficient (Wildman–Crippen LogP) is 3.69. The number of benzene rings is 1. The minimum atomic E-state index is -4.45. The SMILES string of the molecule is COC(=O)c1cnc2cc(C(F)(F)F)ccc2c1Cl. The third-order valence-corrected chi connectivity index (χ3v) is 2.94. The second-order valence-corrected chi connectivity index (χ2v) is 4.09. The zero-order chi connectivity index (χ0) is 14.2. The number of carbonyl (C=O) groups excluding carboxylic acids is 1. The van der Waals surface area contributed by atoms with Gasteiger partial charge in [0.2, 0.25) is 0 Å². The number of carbonyl (C=O) groups is 1. The summed E-state index contributed by atoms with van der Waals surface area (Å²) in [6.45, 7) is 0. The van der Waals surface area contributed by atoms with E-state index in [1.165, 1.54) is 13.2 Å². The van der Waals surface area contributed by atoms with Crippen molar-refractivity contribution in [2.75, 3.05) is 7.11 Å². The van der Waals surface area contributed by atoms with Crippen molar-refractivity contribution in [2.45, 2.75) is 6.18 Å². The summed E-state index contributed by atoms with van der Waals surface area (Å²) in [5, 5.41) is 0.281. The Morgan fingerprint density at radius 1 is 1.37 bits per heavy atom. The van der Waals surface area contributed by atoms with Crippen LogP contribution in [0.2, 0.25) is 5.02 Å². The van der Waals surface area contributed by atoms with Crippen molar-refractivity contribution in [3.8, 4) is 0 Å². The van der Waals surface area contributed by atoms with Gasteiger partial charge in [0.05, 0.1) is 28.8 Å². The van der Waals surface area contributed by atoms with Crippen molar-refractivity contribution >= 4 is 28.5 Å². The zero-order valence-corrected chi connectivity index (χ0v) is 10.3. The van der Waals surface area contributed by atoms with E-state index in [0.29, 0.717) is 0 Å². The summed E-state index contributed by atoms with van der Waals surface area (Å²) >= 11 is 5.96. The molecule has 1 aromatic heterocycles. The Morgan fingerprint density at radius 3 is 2.63 bits per heavy atom. The van der Waals surface area contributed by atoms with Crippen LogP contribution in [0.25, 0.3) is 10.9 Å². The number of ether oxygens (including phenoxy) is 1. The Hall–Kier alpha value is -1.82. The van der Waals surface area contributed by atoms with Crippen LogP contribution in [0, 0.1) is 0 Å². The molecule has 0 saturated carbocycles. The number of fused-ring (bicyclic) bond motifs is 1. The fourth-order valence-corrected chi connectivity index (χ4v) is 1.87. The van der Waals surface area contributed by atoms with E-state index in [-0.39, 0.29) is 21.5 Å². The Bertz CT molecular complexity index is 655. The monoisotopic (exact) mass is 289 g/mol. The molecule has 3 nitrogen and oxygen atoms in total. The molecule has 19 heavy (non-hydrogen) atoms. The molecular weight excluding hydrogens is 283 g/mol. The molecule has 0 aliphatic heterocycles. The molecule has 0 aliphatic rings. The molecule has 1 aromatic carbocycles. The quantitative estimate of drug-likeness (QED) is 0.752. The second kappa shape index (κ2) is 4.70. The van der Waals surface area contributed by atoms with E-state index in [1.807, 2.05) is 0 Å². The first kappa shape index (κ1) is 13.6. The minimum absolute atomic E-state index is 0.0106. The molecule has 2 aromatic rings. The number of methoxy groups -OCH3 is 1. The molecule has 7 heteroatoms. The molecule has 2 rings (SSSR count). The van der Waals surface area contributed by atoms with Crippen LogP contribution in [0.15, 0.2) is 24.4 Å². The van der Waals surface area contributed by atoms with Gasteiger partial charge < -0.3 is 4.74 Å². The van der Waals surface area contributed by atoms with Gasteiger partial charge in [-0.15, -0.1) is 0 Å². The molecule has 0 fully saturated rings. The van der Waals surface area contributed by atoms with Crippen molar-refractivity contribution in [2.24, 2.45) is 0 Å². The van der Waals surface area contributed by atoms with E-state index in [2.05, 4.69) is 9.72 Å². The van der Waals surface area contributed by atoms with Crippen molar-refractivity contribution in [3.05, 3.63) is 40.5 Å². The van der Waals surface area contributed by atoms with Crippen molar-refractivity contribution < 1.29 is 22.7 Å². The highest BCUT2D eigenvalue weighted by Gasteiger charge is 2.30. The van der Waals surface area contributed by atoms with Crippen LogP contribution in [0.5, 0.6) is 0 Å². The van der Waals surface area contributed by atoms with Crippen LogP contribution < -0.4 is 0 Å².